The van der Waals surface area contributed by atoms with E-state index in [0.29, 0.717) is 30.7 Å². The summed E-state index contributed by atoms with van der Waals surface area (Å²) in [6, 6.07) is 7.04. The Morgan fingerprint density at radius 3 is 2.85 bits per heavy atom. The molecule has 1 heterocycles. The fourth-order valence-corrected chi connectivity index (χ4v) is 2.95. The molecule has 1 aliphatic rings. The summed E-state index contributed by atoms with van der Waals surface area (Å²) in [5.74, 6) is -0.802. The highest BCUT2D eigenvalue weighted by atomic mass is 16.5. The van der Waals surface area contributed by atoms with Crippen LogP contribution in [0.2, 0.25) is 0 Å². The monoisotopic (exact) mass is 277 g/mol. The van der Waals surface area contributed by atoms with Crippen molar-refractivity contribution in [2.24, 2.45) is 5.92 Å². The molecule has 2 unspecified atom stereocenters. The molecule has 2 rings (SSSR count). The zero-order chi connectivity index (χ0) is 14.8. The van der Waals surface area contributed by atoms with Gasteiger partial charge in [-0.2, -0.15) is 0 Å². The summed E-state index contributed by atoms with van der Waals surface area (Å²) in [6.07, 6.45) is 1.33. The molecule has 0 radical (unpaired) electrons. The van der Waals surface area contributed by atoms with Gasteiger partial charge in [-0.25, -0.2) is 4.79 Å². The molecule has 0 aliphatic carbocycles. The molecule has 1 aromatic rings. The number of rotatable bonds is 5. The Labute approximate surface area is 118 Å². The number of ether oxygens (including phenoxy) is 1. The maximum Gasteiger partial charge on any atom is 0.334 e. The zero-order valence-electron chi connectivity index (χ0n) is 11.7. The van der Waals surface area contributed by atoms with Crippen LogP contribution in [-0.4, -0.2) is 35.5 Å². The zero-order valence-corrected chi connectivity index (χ0v) is 11.7. The predicted molar refractivity (Wildman–Crippen MR) is 73.5 cm³/mol. The van der Waals surface area contributed by atoms with E-state index in [1.807, 2.05) is 6.92 Å². The first-order valence-electron chi connectivity index (χ1n) is 6.76. The molecule has 0 aromatic heterocycles. The second-order valence-corrected chi connectivity index (χ2v) is 5.08. The third kappa shape index (κ3) is 1.94. The minimum Gasteiger partial charge on any atom is -0.493 e. The van der Waals surface area contributed by atoms with Crippen LogP contribution in [0.25, 0.3) is 0 Å². The minimum absolute atomic E-state index is 0.275. The summed E-state index contributed by atoms with van der Waals surface area (Å²) in [5, 5.41) is 9.88. The van der Waals surface area contributed by atoms with E-state index >= 15 is 0 Å². The van der Waals surface area contributed by atoms with Gasteiger partial charge < -0.3 is 14.7 Å². The number of benzene rings is 1. The molecule has 2 atom stereocenters. The first-order chi connectivity index (χ1) is 9.58. The van der Waals surface area contributed by atoms with Crippen molar-refractivity contribution in [1.29, 1.82) is 0 Å². The van der Waals surface area contributed by atoms with Crippen molar-refractivity contribution < 1.29 is 19.4 Å². The fourth-order valence-electron chi connectivity index (χ4n) is 2.95. The lowest BCUT2D eigenvalue weighted by Gasteiger charge is -2.46. The number of aliphatic carboxylic acids is 1. The maximum absolute atomic E-state index is 12.1. The number of carbonyl (C=O) groups excluding carboxylic acids is 1. The third-order valence-electron chi connectivity index (χ3n) is 3.87. The Kier molecular flexibility index (Phi) is 3.97. The van der Waals surface area contributed by atoms with Gasteiger partial charge in [-0.05, 0) is 12.5 Å². The molecular weight excluding hydrogens is 258 g/mol. The van der Waals surface area contributed by atoms with Gasteiger partial charge in [0.05, 0.1) is 6.61 Å². The molecule has 20 heavy (non-hydrogen) atoms. The van der Waals surface area contributed by atoms with Crippen molar-refractivity contribution in [3.05, 3.63) is 29.8 Å². The third-order valence-corrected chi connectivity index (χ3v) is 3.87. The maximum atomic E-state index is 12.1. The van der Waals surface area contributed by atoms with Crippen molar-refractivity contribution in [1.82, 2.24) is 4.90 Å². The molecule has 0 saturated heterocycles. The van der Waals surface area contributed by atoms with Crippen molar-refractivity contribution in [2.75, 3.05) is 13.2 Å². The lowest BCUT2D eigenvalue weighted by atomic mass is 9.75. The van der Waals surface area contributed by atoms with Crippen molar-refractivity contribution in [3.63, 3.8) is 0 Å². The molecule has 1 aromatic carbocycles. The summed E-state index contributed by atoms with van der Waals surface area (Å²) >= 11 is 0. The number of para-hydroxylation sites is 1. The highest BCUT2D eigenvalue weighted by Gasteiger charge is 2.53. The smallest absolute Gasteiger partial charge is 0.334 e. The molecule has 1 aliphatic heterocycles. The molecular formula is C15H19NO4. The molecule has 5 nitrogen and oxygen atoms in total. The first-order valence-corrected chi connectivity index (χ1v) is 6.76. The first kappa shape index (κ1) is 14.4. The number of carbonyl (C=O) groups is 2. The van der Waals surface area contributed by atoms with Crippen molar-refractivity contribution >= 4 is 12.4 Å². The van der Waals surface area contributed by atoms with Crippen LogP contribution in [0.3, 0.4) is 0 Å². The standard InChI is InChI=1S/C15H19NO4/c1-3-8-16(10-17)15(14(18)19)11(2)9-20-13-7-5-4-6-12(13)15/h4-7,10-11H,3,8-9H2,1-2H3,(H,18,19). The van der Waals surface area contributed by atoms with Gasteiger partial charge in [0.1, 0.15) is 5.75 Å². The van der Waals surface area contributed by atoms with E-state index in [1.165, 1.54) is 4.90 Å². The number of carboxylic acid groups (broad SMARTS) is 1. The SMILES string of the molecule is CCCN(C=O)C1(C(=O)O)c2ccccc2OCC1C. The molecule has 0 spiro atoms. The summed E-state index contributed by atoms with van der Waals surface area (Å²) in [6.45, 7) is 4.39. The van der Waals surface area contributed by atoms with E-state index in [0.717, 1.165) is 0 Å². The largest absolute Gasteiger partial charge is 0.493 e. The van der Waals surface area contributed by atoms with E-state index in [2.05, 4.69) is 0 Å². The van der Waals surface area contributed by atoms with E-state index < -0.39 is 11.5 Å². The van der Waals surface area contributed by atoms with Crippen LogP contribution < -0.4 is 4.74 Å². The van der Waals surface area contributed by atoms with Gasteiger partial charge in [-0.15, -0.1) is 0 Å². The number of amides is 1. The topological polar surface area (TPSA) is 66.8 Å². The average molecular weight is 277 g/mol. The quantitative estimate of drug-likeness (QED) is 0.834. The van der Waals surface area contributed by atoms with E-state index in [9.17, 15) is 14.7 Å². The van der Waals surface area contributed by atoms with Gasteiger partial charge in [-0.1, -0.05) is 32.0 Å². The molecule has 1 amide bonds. The lowest BCUT2D eigenvalue weighted by molar-refractivity contribution is -0.163. The molecule has 0 fully saturated rings. The molecule has 1 N–H and O–H groups in total. The molecule has 0 saturated carbocycles. The fraction of sp³-hybridized carbons (Fsp3) is 0.467. The van der Waals surface area contributed by atoms with Crippen LogP contribution in [0, 0.1) is 5.92 Å². The van der Waals surface area contributed by atoms with Crippen LogP contribution >= 0.6 is 0 Å². The van der Waals surface area contributed by atoms with Crippen LogP contribution in [0.5, 0.6) is 5.75 Å². The van der Waals surface area contributed by atoms with Gasteiger partial charge in [0, 0.05) is 18.0 Å². The van der Waals surface area contributed by atoms with E-state index in [1.54, 1.807) is 31.2 Å². The minimum atomic E-state index is -1.35. The summed E-state index contributed by atoms with van der Waals surface area (Å²) in [7, 11) is 0. The lowest BCUT2D eigenvalue weighted by Crippen LogP contribution is -2.59. The average Bonchev–Trinajstić information content (AvgIpc) is 2.45. The molecule has 108 valence electrons. The second-order valence-electron chi connectivity index (χ2n) is 5.08. The number of carboxylic acids is 1. The summed E-state index contributed by atoms with van der Waals surface area (Å²) < 4.78 is 5.61. The second kappa shape index (κ2) is 5.53. The van der Waals surface area contributed by atoms with Gasteiger partial charge in [0.25, 0.3) is 0 Å². The highest BCUT2D eigenvalue weighted by Crippen LogP contribution is 2.44. The Bertz CT molecular complexity index is 516. The molecule has 5 heteroatoms. The van der Waals surface area contributed by atoms with Gasteiger partial charge in [-0.3, -0.25) is 4.79 Å². The van der Waals surface area contributed by atoms with Crippen LogP contribution in [0.4, 0.5) is 0 Å². The van der Waals surface area contributed by atoms with Crippen LogP contribution in [0.1, 0.15) is 25.8 Å². The highest BCUT2D eigenvalue weighted by molar-refractivity contribution is 5.85. The summed E-state index contributed by atoms with van der Waals surface area (Å²) in [4.78, 5) is 24.9. The Hall–Kier alpha value is -2.04. The number of hydrogen-bond acceptors (Lipinski definition) is 3. The van der Waals surface area contributed by atoms with Gasteiger partial charge in [0.2, 0.25) is 6.41 Å². The number of fused-ring (bicyclic) bond motifs is 1. The summed E-state index contributed by atoms with van der Waals surface area (Å²) in [5.41, 5.74) is -0.807. The Morgan fingerprint density at radius 1 is 1.55 bits per heavy atom. The van der Waals surface area contributed by atoms with Crippen LogP contribution in [-0.2, 0) is 15.1 Å². The number of nitrogens with zero attached hydrogens (tertiary/aromatic N) is 1. The predicted octanol–water partition coefficient (Wildman–Crippen LogP) is 1.86. The Morgan fingerprint density at radius 2 is 2.25 bits per heavy atom. The van der Waals surface area contributed by atoms with Crippen molar-refractivity contribution in [3.8, 4) is 5.75 Å². The van der Waals surface area contributed by atoms with Gasteiger partial charge in [0.15, 0.2) is 5.54 Å². The Balaban J connectivity index is 2.66. The van der Waals surface area contributed by atoms with Crippen molar-refractivity contribution in [2.45, 2.75) is 25.8 Å². The molecule has 0 bridgehead atoms. The van der Waals surface area contributed by atoms with Gasteiger partial charge >= 0.3 is 5.97 Å². The normalized spacial score (nSPS) is 24.4. The van der Waals surface area contributed by atoms with E-state index in [-0.39, 0.29) is 12.5 Å². The van der Waals surface area contributed by atoms with E-state index in [4.69, 9.17) is 4.74 Å². The number of hydrogen-bond donors (Lipinski definition) is 1. The van der Waals surface area contributed by atoms with Crippen LogP contribution in [0.15, 0.2) is 24.3 Å².